The highest BCUT2D eigenvalue weighted by molar-refractivity contribution is 5.98. The highest BCUT2D eigenvalue weighted by Gasteiger charge is 2.22. The third kappa shape index (κ3) is 6.14. The summed E-state index contributed by atoms with van der Waals surface area (Å²) < 4.78 is 13.4. The smallest absolute Gasteiger partial charge is 0.410 e. The number of ether oxygens (including phenoxy) is 2. The van der Waals surface area contributed by atoms with Gasteiger partial charge in [0.05, 0.1) is 47.1 Å². The predicted octanol–water partition coefficient (Wildman–Crippen LogP) is 5.55. The predicted molar refractivity (Wildman–Crippen MR) is 169 cm³/mol. The molecule has 0 atom stereocenters. The number of benzene rings is 2. The Morgan fingerprint density at radius 1 is 1.23 bits per heavy atom. The van der Waals surface area contributed by atoms with E-state index in [9.17, 15) is 10.1 Å². The van der Waals surface area contributed by atoms with E-state index < -0.39 is 5.60 Å². The second-order valence-electron chi connectivity index (χ2n) is 11.8. The molecular formula is C32H38N8O3. The molecule has 11 heteroatoms. The van der Waals surface area contributed by atoms with Crippen LogP contribution in [0.5, 0.6) is 5.75 Å². The van der Waals surface area contributed by atoms with E-state index in [-0.39, 0.29) is 6.09 Å². The number of aryl methyl sites for hydroxylation is 2. The average molecular weight is 583 g/mol. The van der Waals surface area contributed by atoms with Crippen LogP contribution in [0, 0.1) is 11.3 Å². The Balaban J connectivity index is 1.39. The van der Waals surface area contributed by atoms with Gasteiger partial charge in [0.1, 0.15) is 17.4 Å². The standard InChI is InChI=1S/C32H38N8O3/c1-32(2,3)43-31(41)39(5)14-13-38(4)26-16-27(42-6)25(15-24(26)34)36-30-35-18-21(17-33)28(37-30)23-19-40-12-8-10-20-9-7-11-22(23)29(20)40/h7,9,11,15-16,18-19H,8,10,12-14,34H2,1-6H3,(H,35,36,37). The molecule has 224 valence electrons. The van der Waals surface area contributed by atoms with E-state index in [1.165, 1.54) is 22.2 Å². The van der Waals surface area contributed by atoms with Crippen molar-refractivity contribution in [2.45, 2.75) is 45.8 Å². The first-order chi connectivity index (χ1) is 20.5. The fourth-order valence-corrected chi connectivity index (χ4v) is 5.33. The fraction of sp³-hybridized carbons (Fsp3) is 0.375. The zero-order valence-corrected chi connectivity index (χ0v) is 25.6. The number of nitrogen functional groups attached to an aromatic ring is 1. The highest BCUT2D eigenvalue weighted by atomic mass is 16.6. The molecule has 0 unspecified atom stereocenters. The lowest BCUT2D eigenvalue weighted by Crippen LogP contribution is -2.38. The van der Waals surface area contributed by atoms with Gasteiger partial charge in [0, 0.05) is 56.9 Å². The minimum atomic E-state index is -0.562. The number of carbonyl (C=O) groups is 1. The summed E-state index contributed by atoms with van der Waals surface area (Å²) in [7, 11) is 5.18. The molecule has 1 aliphatic heterocycles. The largest absolute Gasteiger partial charge is 0.494 e. The number of amides is 1. The Morgan fingerprint density at radius 2 is 2.02 bits per heavy atom. The van der Waals surface area contributed by atoms with Crippen LogP contribution in [0.15, 0.2) is 42.7 Å². The summed E-state index contributed by atoms with van der Waals surface area (Å²) in [6.45, 7) is 7.40. The van der Waals surface area contributed by atoms with Gasteiger partial charge < -0.3 is 34.9 Å². The first-order valence-corrected chi connectivity index (χ1v) is 14.3. The van der Waals surface area contributed by atoms with Crippen LogP contribution in [0.3, 0.4) is 0 Å². The van der Waals surface area contributed by atoms with Crippen LogP contribution in [-0.2, 0) is 17.7 Å². The van der Waals surface area contributed by atoms with Crippen molar-refractivity contribution in [2.75, 3.05) is 50.2 Å². The van der Waals surface area contributed by atoms with E-state index in [0.717, 1.165) is 36.0 Å². The van der Waals surface area contributed by atoms with E-state index in [0.29, 0.717) is 47.4 Å². The molecule has 3 heterocycles. The number of aromatic nitrogens is 3. The Kier molecular flexibility index (Phi) is 8.04. The van der Waals surface area contributed by atoms with Crippen LogP contribution < -0.4 is 20.7 Å². The van der Waals surface area contributed by atoms with Gasteiger partial charge in [0.25, 0.3) is 0 Å². The van der Waals surface area contributed by atoms with Gasteiger partial charge in [-0.2, -0.15) is 5.26 Å². The number of para-hydroxylation sites is 1. The van der Waals surface area contributed by atoms with Gasteiger partial charge in [-0.3, -0.25) is 0 Å². The highest BCUT2D eigenvalue weighted by Crippen LogP contribution is 2.38. The van der Waals surface area contributed by atoms with Crippen molar-refractivity contribution in [1.29, 1.82) is 5.26 Å². The third-order valence-corrected chi connectivity index (χ3v) is 7.47. The number of hydrogen-bond donors (Lipinski definition) is 2. The first kappa shape index (κ1) is 29.5. The van der Waals surface area contributed by atoms with Crippen molar-refractivity contribution < 1.29 is 14.3 Å². The molecule has 0 fully saturated rings. The van der Waals surface area contributed by atoms with Crippen LogP contribution in [-0.4, -0.2) is 65.4 Å². The Morgan fingerprint density at radius 3 is 2.74 bits per heavy atom. The lowest BCUT2D eigenvalue weighted by molar-refractivity contribution is 0.0303. The number of anilines is 4. The SMILES string of the molecule is COc1cc(N(C)CCN(C)C(=O)OC(C)(C)C)c(N)cc1Nc1ncc(C#N)c(-c2cn3c4c(cccc24)CCC3)n1. The number of methoxy groups -OCH3 is 1. The van der Waals surface area contributed by atoms with Gasteiger partial charge >= 0.3 is 6.09 Å². The Hall–Kier alpha value is -4.98. The molecule has 2 aromatic carbocycles. The zero-order chi connectivity index (χ0) is 30.9. The number of hydrogen-bond acceptors (Lipinski definition) is 9. The van der Waals surface area contributed by atoms with Gasteiger partial charge in [0.15, 0.2) is 0 Å². The van der Waals surface area contributed by atoms with Crippen LogP contribution in [0.2, 0.25) is 0 Å². The minimum Gasteiger partial charge on any atom is -0.494 e. The molecule has 0 saturated heterocycles. The molecule has 5 rings (SSSR count). The lowest BCUT2D eigenvalue weighted by atomic mass is 10.0. The van der Waals surface area contributed by atoms with E-state index in [2.05, 4.69) is 45.3 Å². The number of carbonyl (C=O) groups excluding carboxylic acids is 1. The number of likely N-dealkylation sites (N-methyl/N-ethyl adjacent to an activating group) is 2. The molecule has 0 saturated carbocycles. The van der Waals surface area contributed by atoms with Crippen molar-refractivity contribution >= 4 is 40.0 Å². The summed E-state index contributed by atoms with van der Waals surface area (Å²) >= 11 is 0. The zero-order valence-electron chi connectivity index (χ0n) is 25.6. The molecule has 1 amide bonds. The van der Waals surface area contributed by atoms with Gasteiger partial charge in [-0.1, -0.05) is 18.2 Å². The second kappa shape index (κ2) is 11.7. The lowest BCUT2D eigenvalue weighted by Gasteiger charge is -2.28. The van der Waals surface area contributed by atoms with Crippen LogP contribution in [0.1, 0.15) is 38.3 Å². The summed E-state index contributed by atoms with van der Waals surface area (Å²) in [5.41, 5.74) is 12.1. The maximum atomic E-state index is 12.3. The summed E-state index contributed by atoms with van der Waals surface area (Å²) in [6, 6.07) is 12.2. The fourth-order valence-electron chi connectivity index (χ4n) is 5.33. The quantitative estimate of drug-likeness (QED) is 0.256. The summed E-state index contributed by atoms with van der Waals surface area (Å²) in [5, 5.41) is 14.2. The average Bonchev–Trinajstić information content (AvgIpc) is 3.35. The van der Waals surface area contributed by atoms with Crippen molar-refractivity contribution in [3.05, 3.63) is 53.9 Å². The van der Waals surface area contributed by atoms with Gasteiger partial charge in [-0.25, -0.2) is 14.8 Å². The van der Waals surface area contributed by atoms with Gasteiger partial charge in [-0.15, -0.1) is 0 Å². The van der Waals surface area contributed by atoms with Crippen molar-refractivity contribution in [1.82, 2.24) is 19.4 Å². The summed E-state index contributed by atoms with van der Waals surface area (Å²) in [6.07, 6.45) is 5.36. The van der Waals surface area contributed by atoms with Crippen LogP contribution >= 0.6 is 0 Å². The van der Waals surface area contributed by atoms with Crippen LogP contribution in [0.4, 0.5) is 27.8 Å². The van der Waals surface area contributed by atoms with Crippen molar-refractivity contribution in [3.8, 4) is 23.1 Å². The molecule has 0 bridgehead atoms. The Bertz CT molecular complexity index is 1720. The topological polar surface area (TPSA) is 135 Å². The number of rotatable bonds is 8. The van der Waals surface area contributed by atoms with Gasteiger partial charge in [-0.05, 0) is 45.2 Å². The summed E-state index contributed by atoms with van der Waals surface area (Å²) in [4.78, 5) is 25.0. The number of nitrogens with zero attached hydrogens (tertiary/aromatic N) is 6. The molecule has 3 N–H and O–H groups in total. The van der Waals surface area contributed by atoms with Crippen molar-refractivity contribution in [3.63, 3.8) is 0 Å². The molecular weight excluding hydrogens is 544 g/mol. The first-order valence-electron chi connectivity index (χ1n) is 14.3. The number of nitriles is 1. The third-order valence-electron chi connectivity index (χ3n) is 7.47. The van der Waals surface area contributed by atoms with E-state index in [4.69, 9.17) is 20.2 Å². The molecule has 4 aromatic rings. The maximum Gasteiger partial charge on any atom is 0.410 e. The Labute approximate surface area is 251 Å². The van der Waals surface area contributed by atoms with Crippen LogP contribution in [0.25, 0.3) is 22.2 Å². The molecule has 0 aliphatic carbocycles. The molecule has 0 spiro atoms. The minimum absolute atomic E-state index is 0.318. The summed E-state index contributed by atoms with van der Waals surface area (Å²) in [5.74, 6) is 0.858. The van der Waals surface area contributed by atoms with E-state index >= 15 is 0 Å². The molecule has 0 radical (unpaired) electrons. The van der Waals surface area contributed by atoms with Crippen molar-refractivity contribution in [2.24, 2.45) is 0 Å². The van der Waals surface area contributed by atoms with E-state index in [1.807, 2.05) is 38.8 Å². The number of nitrogens with two attached hydrogens (primary N) is 1. The molecule has 11 nitrogen and oxygen atoms in total. The molecule has 2 aromatic heterocycles. The van der Waals surface area contributed by atoms with Gasteiger partial charge in [0.2, 0.25) is 5.95 Å². The van der Waals surface area contributed by atoms with E-state index in [1.54, 1.807) is 20.2 Å². The normalized spacial score (nSPS) is 12.5. The monoisotopic (exact) mass is 582 g/mol. The second-order valence-corrected chi connectivity index (χ2v) is 11.8. The maximum absolute atomic E-state index is 12.3. The number of nitrogens with one attached hydrogen (secondary N) is 1. The molecule has 43 heavy (non-hydrogen) atoms. The molecule has 1 aliphatic rings.